The van der Waals surface area contributed by atoms with Crippen LogP contribution in [-0.4, -0.2) is 35.5 Å². The lowest BCUT2D eigenvalue weighted by molar-refractivity contribution is -0.250. The van der Waals surface area contributed by atoms with Crippen molar-refractivity contribution in [2.24, 2.45) is 5.41 Å². The summed E-state index contributed by atoms with van der Waals surface area (Å²) in [6.45, 7) is 9.62. The molecule has 188 valence electrons. The molecule has 1 aliphatic heterocycles. The van der Waals surface area contributed by atoms with Crippen molar-refractivity contribution in [1.29, 1.82) is 0 Å². The molecule has 2 aromatic rings. The Morgan fingerprint density at radius 2 is 1.57 bits per heavy atom. The molecule has 1 fully saturated rings. The van der Waals surface area contributed by atoms with E-state index in [1.165, 1.54) is 26.8 Å². The van der Waals surface area contributed by atoms with Gasteiger partial charge < -0.3 is 19.5 Å². The number of carbonyl (C=O) groups excluding carboxylic acids is 3. The number of esters is 2. The number of cyclic esters (lactones) is 2. The van der Waals surface area contributed by atoms with Gasteiger partial charge in [-0.25, -0.2) is 9.18 Å². The zero-order valence-corrected chi connectivity index (χ0v) is 20.9. The fourth-order valence-corrected chi connectivity index (χ4v) is 3.88. The van der Waals surface area contributed by atoms with Crippen LogP contribution in [0.3, 0.4) is 0 Å². The van der Waals surface area contributed by atoms with Gasteiger partial charge in [0.05, 0.1) is 0 Å². The SMILES string of the molecule is CC(C)(C)OC(=O)NC(Cc1ccc(-c2ccccc2F)cc1)CC1(C)C(=O)OC(C)(C)OC1=O. The quantitative estimate of drug-likeness (QED) is 0.449. The third kappa shape index (κ3) is 6.59. The van der Waals surface area contributed by atoms with Crippen molar-refractivity contribution in [3.8, 4) is 11.1 Å². The summed E-state index contributed by atoms with van der Waals surface area (Å²) in [7, 11) is 0. The molecule has 0 aromatic heterocycles. The largest absolute Gasteiger partial charge is 0.444 e. The van der Waals surface area contributed by atoms with E-state index in [1.807, 2.05) is 12.1 Å². The van der Waals surface area contributed by atoms with Gasteiger partial charge in [-0.15, -0.1) is 0 Å². The van der Waals surface area contributed by atoms with Crippen LogP contribution in [0, 0.1) is 11.2 Å². The Labute approximate surface area is 204 Å². The van der Waals surface area contributed by atoms with Gasteiger partial charge in [-0.3, -0.25) is 9.59 Å². The van der Waals surface area contributed by atoms with E-state index < -0.39 is 40.9 Å². The smallest absolute Gasteiger partial charge is 0.407 e. The van der Waals surface area contributed by atoms with E-state index in [2.05, 4.69) is 5.32 Å². The van der Waals surface area contributed by atoms with Gasteiger partial charge in [0.25, 0.3) is 5.79 Å². The molecule has 0 aliphatic carbocycles. The molecule has 2 aromatic carbocycles. The van der Waals surface area contributed by atoms with Gasteiger partial charge in [0.1, 0.15) is 11.4 Å². The van der Waals surface area contributed by atoms with E-state index >= 15 is 0 Å². The Morgan fingerprint density at radius 1 is 1.00 bits per heavy atom. The molecule has 1 N–H and O–H groups in total. The van der Waals surface area contributed by atoms with E-state index in [-0.39, 0.29) is 18.7 Å². The first kappa shape index (κ1) is 26.2. The fraction of sp³-hybridized carbons (Fsp3) is 0.444. The number of rotatable bonds is 6. The minimum Gasteiger partial charge on any atom is -0.444 e. The Hall–Kier alpha value is -3.42. The second kappa shape index (κ2) is 9.68. The highest BCUT2D eigenvalue weighted by Gasteiger charge is 2.53. The van der Waals surface area contributed by atoms with E-state index in [1.54, 1.807) is 51.1 Å². The number of amides is 1. The minimum atomic E-state index is -1.61. The van der Waals surface area contributed by atoms with Gasteiger partial charge in [0.2, 0.25) is 0 Å². The molecular formula is C27H32FNO6. The van der Waals surface area contributed by atoms with E-state index in [0.717, 1.165) is 5.56 Å². The average molecular weight is 486 g/mol. The molecule has 7 nitrogen and oxygen atoms in total. The lowest BCUT2D eigenvalue weighted by Gasteiger charge is -2.39. The highest BCUT2D eigenvalue weighted by Crippen LogP contribution is 2.36. The maximum absolute atomic E-state index is 14.1. The van der Waals surface area contributed by atoms with Crippen LogP contribution < -0.4 is 5.32 Å². The highest BCUT2D eigenvalue weighted by atomic mass is 19.1. The zero-order valence-electron chi connectivity index (χ0n) is 20.9. The van der Waals surface area contributed by atoms with Gasteiger partial charge >= 0.3 is 18.0 Å². The standard InChI is InChI=1S/C27H32FNO6/c1-25(2,3)35-24(32)29-19(16-27(6)22(30)33-26(4,5)34-23(27)31)15-17-11-13-18(14-12-17)20-9-7-8-10-21(20)28/h7-14,19H,15-16H2,1-6H3,(H,29,32). The number of halogens is 1. The van der Waals surface area contributed by atoms with E-state index in [4.69, 9.17) is 14.2 Å². The van der Waals surface area contributed by atoms with E-state index in [0.29, 0.717) is 11.1 Å². The number of benzene rings is 2. The van der Waals surface area contributed by atoms with Crippen LogP contribution in [0.1, 0.15) is 53.5 Å². The van der Waals surface area contributed by atoms with Crippen molar-refractivity contribution in [1.82, 2.24) is 5.32 Å². The first-order valence-corrected chi connectivity index (χ1v) is 11.5. The number of alkyl carbamates (subject to hydrolysis) is 1. The Balaban J connectivity index is 1.83. The molecule has 0 saturated carbocycles. The van der Waals surface area contributed by atoms with Crippen LogP contribution in [-0.2, 0) is 30.2 Å². The molecule has 1 saturated heterocycles. The van der Waals surface area contributed by atoms with E-state index in [9.17, 15) is 18.8 Å². The molecule has 0 radical (unpaired) electrons. The summed E-state index contributed by atoms with van der Waals surface area (Å²) >= 11 is 0. The number of ether oxygens (including phenoxy) is 3. The fourth-order valence-electron chi connectivity index (χ4n) is 3.88. The molecule has 1 unspecified atom stereocenters. The van der Waals surface area contributed by atoms with Crippen molar-refractivity contribution in [2.75, 3.05) is 0 Å². The van der Waals surface area contributed by atoms with Gasteiger partial charge in [-0.1, -0.05) is 42.5 Å². The van der Waals surface area contributed by atoms with Crippen LogP contribution in [0.5, 0.6) is 0 Å². The van der Waals surface area contributed by atoms with Gasteiger partial charge in [-0.05, 0) is 57.7 Å². The van der Waals surface area contributed by atoms with Crippen molar-refractivity contribution in [3.05, 3.63) is 59.9 Å². The Kier molecular flexibility index (Phi) is 7.24. The zero-order chi connectivity index (χ0) is 26.0. The maximum Gasteiger partial charge on any atom is 0.407 e. The molecular weight excluding hydrogens is 453 g/mol. The van der Waals surface area contributed by atoms with Crippen LogP contribution >= 0.6 is 0 Å². The minimum absolute atomic E-state index is 0.0605. The molecule has 0 spiro atoms. The van der Waals surface area contributed by atoms with Crippen molar-refractivity contribution >= 4 is 18.0 Å². The van der Waals surface area contributed by atoms with Crippen LogP contribution in [0.2, 0.25) is 0 Å². The first-order chi connectivity index (χ1) is 16.2. The molecule has 1 aliphatic rings. The second-order valence-electron chi connectivity index (χ2n) is 10.4. The first-order valence-electron chi connectivity index (χ1n) is 11.5. The highest BCUT2D eigenvalue weighted by molar-refractivity contribution is 6.01. The maximum atomic E-state index is 14.1. The number of hydrogen-bond donors (Lipinski definition) is 1. The monoisotopic (exact) mass is 485 g/mol. The summed E-state index contributed by atoms with van der Waals surface area (Å²) in [4.78, 5) is 38.1. The van der Waals surface area contributed by atoms with Crippen LogP contribution in [0.25, 0.3) is 11.1 Å². The number of carbonyl (C=O) groups is 3. The molecule has 0 bridgehead atoms. The van der Waals surface area contributed by atoms with Crippen LogP contribution in [0.4, 0.5) is 9.18 Å². The predicted octanol–water partition coefficient (Wildman–Crippen LogP) is 5.16. The molecule has 35 heavy (non-hydrogen) atoms. The third-order valence-electron chi connectivity index (χ3n) is 5.57. The molecule has 3 rings (SSSR count). The van der Waals surface area contributed by atoms with Gasteiger partial charge in [-0.2, -0.15) is 0 Å². The summed E-state index contributed by atoms with van der Waals surface area (Å²) in [6, 6.07) is 13.0. The Morgan fingerprint density at radius 3 is 2.11 bits per heavy atom. The summed E-state index contributed by atoms with van der Waals surface area (Å²) in [5.41, 5.74) is -0.343. The van der Waals surface area contributed by atoms with Crippen molar-refractivity contribution in [2.45, 2.75) is 71.8 Å². The lowest BCUT2D eigenvalue weighted by atomic mass is 9.81. The Bertz CT molecular complexity index is 1080. The lowest BCUT2D eigenvalue weighted by Crippen LogP contribution is -2.55. The third-order valence-corrected chi connectivity index (χ3v) is 5.57. The summed E-state index contributed by atoms with van der Waals surface area (Å²) < 4.78 is 30.1. The average Bonchev–Trinajstić information content (AvgIpc) is 2.71. The van der Waals surface area contributed by atoms with Gasteiger partial charge in [0.15, 0.2) is 5.41 Å². The second-order valence-corrected chi connectivity index (χ2v) is 10.4. The molecule has 1 heterocycles. The van der Waals surface area contributed by atoms with Crippen LogP contribution in [0.15, 0.2) is 48.5 Å². The van der Waals surface area contributed by atoms with Crippen molar-refractivity contribution in [3.63, 3.8) is 0 Å². The summed E-state index contributed by atoms with van der Waals surface area (Å²) in [6.07, 6.45) is -0.447. The topological polar surface area (TPSA) is 90.9 Å². The summed E-state index contributed by atoms with van der Waals surface area (Å²) in [5, 5.41) is 2.78. The predicted molar refractivity (Wildman–Crippen MR) is 128 cm³/mol. The number of nitrogens with one attached hydrogen (secondary N) is 1. The molecule has 1 atom stereocenters. The number of hydrogen-bond acceptors (Lipinski definition) is 6. The molecule has 8 heteroatoms. The normalized spacial score (nSPS) is 17.7. The summed E-state index contributed by atoms with van der Waals surface area (Å²) in [5.74, 6) is -3.12. The van der Waals surface area contributed by atoms with Gasteiger partial charge in [0, 0.05) is 25.5 Å². The van der Waals surface area contributed by atoms with Crippen molar-refractivity contribution < 1.29 is 33.0 Å². The molecule has 1 amide bonds.